The molecule has 0 heterocycles. The van der Waals surface area contributed by atoms with Crippen molar-refractivity contribution in [3.63, 3.8) is 0 Å². The molecule has 0 spiro atoms. The predicted molar refractivity (Wildman–Crippen MR) is 41.7 cm³/mol. The van der Waals surface area contributed by atoms with Gasteiger partial charge in [-0.05, 0) is 19.9 Å². The second kappa shape index (κ2) is 4.62. The fourth-order valence-electron chi connectivity index (χ4n) is 0.537. The van der Waals surface area contributed by atoms with Crippen LogP contribution in [0.5, 0.6) is 0 Å². The molecule has 13 heavy (non-hydrogen) atoms. The number of carbonyl (C=O) groups excluding carboxylic acids is 1. The fraction of sp³-hybridized carbons (Fsp3) is 0.375. The molecule has 0 aromatic rings. The Morgan fingerprint density at radius 2 is 2.00 bits per heavy atom. The summed E-state index contributed by atoms with van der Waals surface area (Å²) >= 11 is 0. The van der Waals surface area contributed by atoms with E-state index in [-0.39, 0.29) is 5.70 Å². The van der Waals surface area contributed by atoms with E-state index in [1.54, 1.807) is 0 Å². The Bertz CT molecular complexity index is 282. The van der Waals surface area contributed by atoms with E-state index >= 15 is 0 Å². The maximum Gasteiger partial charge on any atom is 0.412 e. The lowest BCUT2D eigenvalue weighted by molar-refractivity contribution is -0.0913. The molecule has 0 unspecified atom stereocenters. The third kappa shape index (κ3) is 4.28. The van der Waals surface area contributed by atoms with Gasteiger partial charge in [-0.25, -0.2) is 4.79 Å². The minimum absolute atomic E-state index is 0.0511. The highest BCUT2D eigenvalue weighted by Crippen LogP contribution is 2.25. The van der Waals surface area contributed by atoms with Gasteiger partial charge in [0.05, 0.1) is 5.70 Å². The average Bonchev–Trinajstić information content (AvgIpc) is 2.01. The Morgan fingerprint density at radius 3 is 2.31 bits per heavy atom. The summed E-state index contributed by atoms with van der Waals surface area (Å²) in [4.78, 5) is 12.8. The molecule has 0 bridgehead atoms. The molecule has 0 saturated carbocycles. The van der Waals surface area contributed by atoms with Crippen molar-refractivity contribution in [2.75, 3.05) is 0 Å². The SMILES string of the molecule is CC=C(C=C(C)C(F)(F)F)N=C=O. The maximum absolute atomic E-state index is 12.0. The van der Waals surface area contributed by atoms with Gasteiger partial charge in [0.15, 0.2) is 0 Å². The van der Waals surface area contributed by atoms with Crippen LogP contribution in [0, 0.1) is 0 Å². The van der Waals surface area contributed by atoms with Crippen molar-refractivity contribution in [2.45, 2.75) is 20.0 Å². The van der Waals surface area contributed by atoms with Gasteiger partial charge in [0.25, 0.3) is 0 Å². The number of aliphatic imine (C=N–C) groups is 1. The standard InChI is InChI=1S/C8H8F3NO/c1-3-7(12-5-13)4-6(2)8(9,10)11/h3-4H,1-2H3. The zero-order valence-corrected chi connectivity index (χ0v) is 7.14. The lowest BCUT2D eigenvalue weighted by Gasteiger charge is -2.05. The van der Waals surface area contributed by atoms with E-state index in [0.717, 1.165) is 13.0 Å². The second-order valence-corrected chi connectivity index (χ2v) is 2.24. The molecule has 0 aromatic heterocycles. The summed E-state index contributed by atoms with van der Waals surface area (Å²) in [6, 6.07) is 0. The summed E-state index contributed by atoms with van der Waals surface area (Å²) < 4.78 is 35.9. The Morgan fingerprint density at radius 1 is 1.46 bits per heavy atom. The first-order chi connectivity index (χ1) is 5.91. The smallest absolute Gasteiger partial charge is 0.211 e. The number of isocyanates is 1. The molecule has 0 atom stereocenters. The molecule has 2 nitrogen and oxygen atoms in total. The highest BCUT2D eigenvalue weighted by molar-refractivity contribution is 5.40. The molecule has 0 aliphatic carbocycles. The number of allylic oxidation sites excluding steroid dienone is 3. The van der Waals surface area contributed by atoms with Crippen molar-refractivity contribution < 1.29 is 18.0 Å². The summed E-state index contributed by atoms with van der Waals surface area (Å²) in [5.41, 5.74) is -0.857. The molecule has 0 rings (SSSR count). The van der Waals surface area contributed by atoms with Gasteiger partial charge in [0, 0.05) is 5.57 Å². The number of nitrogens with zero attached hydrogens (tertiary/aromatic N) is 1. The van der Waals surface area contributed by atoms with Gasteiger partial charge in [-0.15, -0.1) is 0 Å². The number of hydrogen-bond donors (Lipinski definition) is 0. The summed E-state index contributed by atoms with van der Waals surface area (Å²) in [6.07, 6.45) is -1.14. The van der Waals surface area contributed by atoms with E-state index in [1.807, 2.05) is 0 Å². The van der Waals surface area contributed by atoms with Gasteiger partial charge in [-0.3, -0.25) is 0 Å². The monoisotopic (exact) mass is 191 g/mol. The average molecular weight is 191 g/mol. The van der Waals surface area contributed by atoms with E-state index in [0.29, 0.717) is 0 Å². The summed E-state index contributed by atoms with van der Waals surface area (Å²) in [5.74, 6) is 0. The lowest BCUT2D eigenvalue weighted by atomic mass is 10.2. The van der Waals surface area contributed by atoms with Gasteiger partial charge in [-0.1, -0.05) is 6.08 Å². The van der Waals surface area contributed by atoms with E-state index in [4.69, 9.17) is 0 Å². The molecule has 0 amide bonds. The summed E-state index contributed by atoms with van der Waals surface area (Å²) in [7, 11) is 0. The first-order valence-electron chi connectivity index (χ1n) is 3.41. The molecule has 0 saturated heterocycles. The molecule has 0 aliphatic heterocycles. The molecule has 0 N–H and O–H groups in total. The van der Waals surface area contributed by atoms with Crippen LogP contribution in [0.4, 0.5) is 13.2 Å². The van der Waals surface area contributed by atoms with Gasteiger partial charge >= 0.3 is 6.18 Å². The van der Waals surface area contributed by atoms with Crippen molar-refractivity contribution in [1.29, 1.82) is 0 Å². The molecule has 72 valence electrons. The van der Waals surface area contributed by atoms with Crippen LogP contribution in [-0.4, -0.2) is 12.3 Å². The van der Waals surface area contributed by atoms with Crippen molar-refractivity contribution in [2.24, 2.45) is 4.99 Å². The zero-order valence-electron chi connectivity index (χ0n) is 7.14. The quantitative estimate of drug-likeness (QED) is 0.375. The summed E-state index contributed by atoms with van der Waals surface area (Å²) in [6.45, 7) is 2.39. The molecule has 0 aromatic carbocycles. The summed E-state index contributed by atoms with van der Waals surface area (Å²) in [5, 5.41) is 0. The maximum atomic E-state index is 12.0. The second-order valence-electron chi connectivity index (χ2n) is 2.24. The van der Waals surface area contributed by atoms with E-state index in [9.17, 15) is 18.0 Å². The first-order valence-corrected chi connectivity index (χ1v) is 3.41. The van der Waals surface area contributed by atoms with Gasteiger partial charge in [0.1, 0.15) is 0 Å². The number of hydrogen-bond acceptors (Lipinski definition) is 2. The largest absolute Gasteiger partial charge is 0.412 e. The fourth-order valence-corrected chi connectivity index (χ4v) is 0.537. The Balaban J connectivity index is 4.83. The molecule has 0 aliphatic rings. The van der Waals surface area contributed by atoms with Crippen molar-refractivity contribution in [3.05, 3.63) is 23.4 Å². The van der Waals surface area contributed by atoms with Crippen LogP contribution in [0.25, 0.3) is 0 Å². The molecule has 5 heteroatoms. The highest BCUT2D eigenvalue weighted by atomic mass is 19.4. The van der Waals surface area contributed by atoms with Crippen LogP contribution in [0.15, 0.2) is 28.4 Å². The van der Waals surface area contributed by atoms with E-state index in [2.05, 4.69) is 4.99 Å². The topological polar surface area (TPSA) is 29.4 Å². The van der Waals surface area contributed by atoms with Crippen LogP contribution in [-0.2, 0) is 4.79 Å². The molecular formula is C8H8F3NO. The molecule has 0 fully saturated rings. The van der Waals surface area contributed by atoms with Crippen LogP contribution >= 0.6 is 0 Å². The predicted octanol–water partition coefficient (Wildman–Crippen LogP) is 2.73. The number of rotatable bonds is 2. The molecule has 0 radical (unpaired) electrons. The Hall–Kier alpha value is -1.35. The zero-order chi connectivity index (χ0) is 10.5. The van der Waals surface area contributed by atoms with E-state index in [1.165, 1.54) is 19.1 Å². The van der Waals surface area contributed by atoms with Crippen LogP contribution in [0.2, 0.25) is 0 Å². The third-order valence-electron chi connectivity index (χ3n) is 1.28. The lowest BCUT2D eigenvalue weighted by Crippen LogP contribution is -2.08. The number of halogens is 3. The minimum Gasteiger partial charge on any atom is -0.211 e. The van der Waals surface area contributed by atoms with E-state index < -0.39 is 11.7 Å². The molecular weight excluding hydrogens is 183 g/mol. The third-order valence-corrected chi connectivity index (χ3v) is 1.28. The minimum atomic E-state index is -4.38. The van der Waals surface area contributed by atoms with Crippen LogP contribution in [0.1, 0.15) is 13.8 Å². The van der Waals surface area contributed by atoms with Gasteiger partial charge < -0.3 is 0 Å². The first kappa shape index (κ1) is 11.6. The van der Waals surface area contributed by atoms with Gasteiger partial charge in [0.2, 0.25) is 6.08 Å². The van der Waals surface area contributed by atoms with Crippen molar-refractivity contribution in [3.8, 4) is 0 Å². The number of alkyl halides is 3. The van der Waals surface area contributed by atoms with Gasteiger partial charge in [-0.2, -0.15) is 18.2 Å². The van der Waals surface area contributed by atoms with Crippen LogP contribution < -0.4 is 0 Å². The normalized spacial score (nSPS) is 13.9. The van der Waals surface area contributed by atoms with Crippen molar-refractivity contribution in [1.82, 2.24) is 0 Å². The Labute approximate surface area is 73.5 Å². The Kier molecular flexibility index (Phi) is 4.14. The van der Waals surface area contributed by atoms with Crippen LogP contribution in [0.3, 0.4) is 0 Å². The van der Waals surface area contributed by atoms with Crippen molar-refractivity contribution >= 4 is 6.08 Å². The highest BCUT2D eigenvalue weighted by Gasteiger charge is 2.29.